The van der Waals surface area contributed by atoms with Gasteiger partial charge in [0.05, 0.1) is 16.0 Å². The molecule has 3 rings (SSSR count). The van der Waals surface area contributed by atoms with Crippen molar-refractivity contribution >= 4 is 28.2 Å². The predicted octanol–water partition coefficient (Wildman–Crippen LogP) is 2.93. The molecule has 150 valence electrons. The summed E-state index contributed by atoms with van der Waals surface area (Å²) in [5, 5.41) is 17.4. The lowest BCUT2D eigenvalue weighted by Crippen LogP contribution is -2.10. The van der Waals surface area contributed by atoms with Crippen LogP contribution >= 0.6 is 0 Å². The minimum atomic E-state index is -3.57. The molecular formula is C20H17NO7S. The molecule has 0 aliphatic heterocycles. The van der Waals surface area contributed by atoms with E-state index in [9.17, 15) is 22.8 Å². The Morgan fingerprint density at radius 3 is 1.90 bits per heavy atom. The number of rotatable bonds is 5. The molecule has 3 aromatic rings. The van der Waals surface area contributed by atoms with Gasteiger partial charge in [0.15, 0.2) is 6.29 Å². The highest BCUT2D eigenvalue weighted by Gasteiger charge is 2.16. The maximum atomic E-state index is 12.0. The van der Waals surface area contributed by atoms with Crippen molar-refractivity contribution in [2.75, 3.05) is 0 Å². The summed E-state index contributed by atoms with van der Waals surface area (Å²) in [4.78, 5) is 31.9. The molecule has 1 aromatic heterocycles. The van der Waals surface area contributed by atoms with Crippen molar-refractivity contribution in [2.45, 2.75) is 11.8 Å². The highest BCUT2D eigenvalue weighted by atomic mass is 32.2. The van der Waals surface area contributed by atoms with E-state index in [1.54, 1.807) is 18.2 Å². The Labute approximate surface area is 166 Å². The van der Waals surface area contributed by atoms with Gasteiger partial charge < -0.3 is 10.2 Å². The molecule has 0 saturated heterocycles. The van der Waals surface area contributed by atoms with Gasteiger partial charge in [-0.2, -0.15) is 0 Å². The van der Waals surface area contributed by atoms with Gasteiger partial charge in [0.1, 0.15) is 0 Å². The van der Waals surface area contributed by atoms with Crippen LogP contribution in [0.1, 0.15) is 36.6 Å². The number of carboxylic acid groups (broad SMARTS) is 2. The molecule has 29 heavy (non-hydrogen) atoms. The first-order valence-corrected chi connectivity index (χ1v) is 9.62. The van der Waals surface area contributed by atoms with E-state index < -0.39 is 22.0 Å². The maximum absolute atomic E-state index is 12.0. The Morgan fingerprint density at radius 2 is 1.45 bits per heavy atom. The molecule has 2 aromatic carbocycles. The highest BCUT2D eigenvalue weighted by molar-refractivity contribution is 7.90. The standard InChI is InChI=1S/C11H9NO3S.C9H8O4/c13-9-10-6-7-12(8-10)16(14,15)11-4-2-1-3-5-11;1-5-6(8(10)11)3-2-4-7(5)9(12)13/h1-9H;2-4H,1H3,(H,10,11)(H,12,13). The highest BCUT2D eigenvalue weighted by Crippen LogP contribution is 2.14. The fraction of sp³-hybridized carbons (Fsp3) is 0.0500. The van der Waals surface area contributed by atoms with Gasteiger partial charge >= 0.3 is 11.9 Å². The van der Waals surface area contributed by atoms with Crippen LogP contribution in [0.15, 0.2) is 71.9 Å². The van der Waals surface area contributed by atoms with Crippen molar-refractivity contribution in [3.8, 4) is 0 Å². The van der Waals surface area contributed by atoms with E-state index in [0.29, 0.717) is 11.8 Å². The number of hydrogen-bond acceptors (Lipinski definition) is 5. The lowest BCUT2D eigenvalue weighted by Gasteiger charge is -2.04. The molecule has 8 nitrogen and oxygen atoms in total. The molecule has 1 heterocycles. The Bertz CT molecular complexity index is 1120. The fourth-order valence-electron chi connectivity index (χ4n) is 2.42. The zero-order valence-corrected chi connectivity index (χ0v) is 16.0. The van der Waals surface area contributed by atoms with Crippen LogP contribution < -0.4 is 0 Å². The normalized spacial score (nSPS) is 10.5. The molecule has 0 unspecified atom stereocenters. The molecule has 0 atom stereocenters. The molecule has 2 N–H and O–H groups in total. The van der Waals surface area contributed by atoms with Gasteiger partial charge in [0.2, 0.25) is 0 Å². The number of carbonyl (C=O) groups excluding carboxylic acids is 1. The summed E-state index contributed by atoms with van der Waals surface area (Å²) in [5.41, 5.74) is 0.668. The molecule has 0 bridgehead atoms. The van der Waals surface area contributed by atoms with Gasteiger partial charge in [0, 0.05) is 18.0 Å². The van der Waals surface area contributed by atoms with Crippen LogP contribution in [0.5, 0.6) is 0 Å². The van der Waals surface area contributed by atoms with E-state index in [1.807, 2.05) is 0 Å². The quantitative estimate of drug-likeness (QED) is 0.613. The number of aldehydes is 1. The van der Waals surface area contributed by atoms with Crippen LogP contribution in [-0.4, -0.2) is 40.8 Å². The number of aromatic nitrogens is 1. The number of benzene rings is 2. The van der Waals surface area contributed by atoms with Gasteiger partial charge in [-0.25, -0.2) is 22.0 Å². The van der Waals surface area contributed by atoms with Crippen LogP contribution in [0.25, 0.3) is 0 Å². The second kappa shape index (κ2) is 8.98. The zero-order chi connectivity index (χ0) is 21.6. The summed E-state index contributed by atoms with van der Waals surface area (Å²) in [6.07, 6.45) is 3.25. The fourth-order valence-corrected chi connectivity index (χ4v) is 3.65. The van der Waals surface area contributed by atoms with Crippen LogP contribution in [0, 0.1) is 6.92 Å². The summed E-state index contributed by atoms with van der Waals surface area (Å²) >= 11 is 0. The second-order valence-electron chi connectivity index (χ2n) is 5.80. The van der Waals surface area contributed by atoms with E-state index in [4.69, 9.17) is 10.2 Å². The molecule has 0 aliphatic carbocycles. The van der Waals surface area contributed by atoms with Gasteiger partial charge in [-0.3, -0.25) is 4.79 Å². The minimum absolute atomic E-state index is 0.0277. The first-order chi connectivity index (χ1) is 13.7. The second-order valence-corrected chi connectivity index (χ2v) is 7.64. The van der Waals surface area contributed by atoms with Crippen LogP contribution in [0.4, 0.5) is 0 Å². The lowest BCUT2D eigenvalue weighted by atomic mass is 10.0. The van der Waals surface area contributed by atoms with E-state index >= 15 is 0 Å². The summed E-state index contributed by atoms with van der Waals surface area (Å²) in [6, 6.07) is 13.7. The summed E-state index contributed by atoms with van der Waals surface area (Å²) in [7, 11) is -3.57. The first kappa shape index (κ1) is 21.6. The Hall–Kier alpha value is -3.72. The average Bonchev–Trinajstić information content (AvgIpc) is 3.19. The predicted molar refractivity (Wildman–Crippen MR) is 104 cm³/mol. The third-order valence-corrected chi connectivity index (χ3v) is 5.59. The van der Waals surface area contributed by atoms with Crippen molar-refractivity contribution in [1.29, 1.82) is 0 Å². The Balaban J connectivity index is 0.000000212. The summed E-state index contributed by atoms with van der Waals surface area (Å²) in [6.45, 7) is 1.48. The van der Waals surface area contributed by atoms with Crippen molar-refractivity contribution in [3.63, 3.8) is 0 Å². The zero-order valence-electron chi connectivity index (χ0n) is 15.2. The van der Waals surface area contributed by atoms with Crippen molar-refractivity contribution in [3.05, 3.63) is 89.2 Å². The monoisotopic (exact) mass is 415 g/mol. The smallest absolute Gasteiger partial charge is 0.335 e. The number of carboxylic acids is 2. The molecule has 9 heteroatoms. The number of nitrogens with zero attached hydrogens (tertiary/aromatic N) is 1. The van der Waals surface area contributed by atoms with Crippen molar-refractivity contribution < 1.29 is 33.0 Å². The molecule has 0 amide bonds. The number of aromatic carboxylic acids is 2. The van der Waals surface area contributed by atoms with Crippen LogP contribution in [0.3, 0.4) is 0 Å². The van der Waals surface area contributed by atoms with Crippen LogP contribution in [0.2, 0.25) is 0 Å². The average molecular weight is 415 g/mol. The van der Waals surface area contributed by atoms with Crippen molar-refractivity contribution in [1.82, 2.24) is 3.97 Å². The largest absolute Gasteiger partial charge is 0.478 e. The number of carbonyl (C=O) groups is 3. The minimum Gasteiger partial charge on any atom is -0.478 e. The topological polar surface area (TPSA) is 131 Å². The molecule has 0 spiro atoms. The third-order valence-electron chi connectivity index (χ3n) is 3.94. The van der Waals surface area contributed by atoms with Crippen molar-refractivity contribution in [2.24, 2.45) is 0 Å². The Morgan fingerprint density at radius 1 is 0.897 bits per heavy atom. The van der Waals surface area contributed by atoms with E-state index in [2.05, 4.69) is 0 Å². The first-order valence-electron chi connectivity index (χ1n) is 8.18. The van der Waals surface area contributed by atoms with Gasteiger partial charge in [-0.15, -0.1) is 0 Å². The van der Waals surface area contributed by atoms with Gasteiger partial charge in [-0.05, 0) is 42.8 Å². The van der Waals surface area contributed by atoms with Crippen LogP contribution in [-0.2, 0) is 10.0 Å². The summed E-state index contributed by atoms with van der Waals surface area (Å²) < 4.78 is 25.1. The van der Waals surface area contributed by atoms with E-state index in [-0.39, 0.29) is 21.6 Å². The third kappa shape index (κ3) is 4.96. The van der Waals surface area contributed by atoms with Gasteiger partial charge in [0.25, 0.3) is 10.0 Å². The SMILES string of the molecule is Cc1c(C(=O)O)cccc1C(=O)O.O=Cc1ccn(S(=O)(=O)c2ccccc2)c1. The molecule has 0 radical (unpaired) electrons. The molecule has 0 fully saturated rings. The Kier molecular flexibility index (Phi) is 6.68. The number of hydrogen-bond donors (Lipinski definition) is 2. The summed E-state index contributed by atoms with van der Waals surface area (Å²) in [5.74, 6) is -2.22. The van der Waals surface area contributed by atoms with E-state index in [1.165, 1.54) is 55.7 Å². The molecular weight excluding hydrogens is 398 g/mol. The maximum Gasteiger partial charge on any atom is 0.335 e. The molecule has 0 saturated carbocycles. The lowest BCUT2D eigenvalue weighted by molar-refractivity contribution is 0.0696. The van der Waals surface area contributed by atoms with Gasteiger partial charge in [-0.1, -0.05) is 24.3 Å². The molecule has 0 aliphatic rings. The van der Waals surface area contributed by atoms with E-state index in [0.717, 1.165) is 3.97 Å².